The first kappa shape index (κ1) is 19.0. The Balaban J connectivity index is 2.80. The maximum absolute atomic E-state index is 3.72. The summed E-state index contributed by atoms with van der Waals surface area (Å²) in [5, 5.41) is 3.72. The van der Waals surface area contributed by atoms with Gasteiger partial charge in [-0.05, 0) is 58.2 Å². The van der Waals surface area contributed by atoms with Crippen molar-refractivity contribution in [2.45, 2.75) is 97.1 Å². The van der Waals surface area contributed by atoms with Crippen LogP contribution < -0.4 is 5.32 Å². The van der Waals surface area contributed by atoms with Gasteiger partial charge in [0, 0.05) is 11.6 Å². The summed E-state index contributed by atoms with van der Waals surface area (Å²) >= 11 is 0. The maximum Gasteiger partial charge on any atom is 0.0357 e. The highest BCUT2D eigenvalue weighted by molar-refractivity contribution is 5.00. The molecule has 0 amide bonds. The molecule has 0 bridgehead atoms. The summed E-state index contributed by atoms with van der Waals surface area (Å²) in [6, 6.07) is 0.646. The lowest BCUT2D eigenvalue weighted by atomic mass is 9.77. The lowest BCUT2D eigenvalue weighted by Crippen LogP contribution is -2.59. The van der Waals surface area contributed by atoms with E-state index < -0.39 is 0 Å². The van der Waals surface area contributed by atoms with Crippen molar-refractivity contribution in [1.82, 2.24) is 10.2 Å². The molecule has 2 unspecified atom stereocenters. The molecule has 0 aliphatic carbocycles. The Labute approximate surface area is 134 Å². The van der Waals surface area contributed by atoms with Gasteiger partial charge in [-0.15, -0.1) is 0 Å². The van der Waals surface area contributed by atoms with Gasteiger partial charge in [0.25, 0.3) is 0 Å². The minimum Gasteiger partial charge on any atom is -0.315 e. The van der Waals surface area contributed by atoms with E-state index in [1.165, 1.54) is 70.9 Å². The van der Waals surface area contributed by atoms with Crippen LogP contribution in [0.15, 0.2) is 0 Å². The Hall–Kier alpha value is -0.0800. The predicted octanol–water partition coefficient (Wildman–Crippen LogP) is 4.84. The fraction of sp³-hybridized carbons (Fsp3) is 1.00. The van der Waals surface area contributed by atoms with E-state index in [1.807, 2.05) is 0 Å². The van der Waals surface area contributed by atoms with Gasteiger partial charge in [0.1, 0.15) is 0 Å². The highest BCUT2D eigenvalue weighted by Gasteiger charge is 2.41. The standard InChI is InChI=1S/C19H40N2/c1-6-10-13-17(7-2)16-18(20-5)19(8-3,9-4)21-14-11-12-15-21/h17-18,20H,6-16H2,1-5H3. The van der Waals surface area contributed by atoms with Gasteiger partial charge in [0.2, 0.25) is 0 Å². The predicted molar refractivity (Wildman–Crippen MR) is 94.9 cm³/mol. The van der Waals surface area contributed by atoms with Crippen molar-refractivity contribution in [3.63, 3.8) is 0 Å². The summed E-state index contributed by atoms with van der Waals surface area (Å²) in [6.45, 7) is 12.1. The molecule has 1 N–H and O–H groups in total. The van der Waals surface area contributed by atoms with E-state index in [0.717, 1.165) is 5.92 Å². The molecule has 0 radical (unpaired) electrons. The van der Waals surface area contributed by atoms with Crippen molar-refractivity contribution >= 4 is 0 Å². The van der Waals surface area contributed by atoms with Crippen LogP contribution in [-0.2, 0) is 0 Å². The second-order valence-electron chi connectivity index (χ2n) is 7.00. The zero-order valence-corrected chi connectivity index (χ0v) is 15.4. The Morgan fingerprint density at radius 3 is 2.10 bits per heavy atom. The van der Waals surface area contributed by atoms with E-state index in [4.69, 9.17) is 0 Å². The molecule has 1 rings (SSSR count). The van der Waals surface area contributed by atoms with E-state index in [9.17, 15) is 0 Å². The van der Waals surface area contributed by atoms with Crippen LogP contribution >= 0.6 is 0 Å². The van der Waals surface area contributed by atoms with E-state index >= 15 is 0 Å². The molecule has 2 heteroatoms. The summed E-state index contributed by atoms with van der Waals surface area (Å²) in [5.74, 6) is 0.891. The first-order valence-corrected chi connectivity index (χ1v) is 9.60. The number of nitrogens with zero attached hydrogens (tertiary/aromatic N) is 1. The average Bonchev–Trinajstić information content (AvgIpc) is 3.05. The number of nitrogens with one attached hydrogen (secondary N) is 1. The van der Waals surface area contributed by atoms with E-state index in [-0.39, 0.29) is 0 Å². The molecule has 0 aromatic carbocycles. The normalized spacial score (nSPS) is 19.9. The molecule has 1 aliphatic heterocycles. The third-order valence-corrected chi connectivity index (χ3v) is 6.07. The van der Waals surface area contributed by atoms with Crippen molar-refractivity contribution in [3.05, 3.63) is 0 Å². The molecular formula is C19H40N2. The lowest BCUT2D eigenvalue weighted by Gasteiger charge is -2.48. The molecule has 0 aromatic rings. The highest BCUT2D eigenvalue weighted by atomic mass is 15.2. The fourth-order valence-electron chi connectivity index (χ4n) is 4.49. The van der Waals surface area contributed by atoms with Crippen molar-refractivity contribution in [1.29, 1.82) is 0 Å². The van der Waals surface area contributed by atoms with Crippen LogP contribution in [0, 0.1) is 5.92 Å². The maximum atomic E-state index is 3.72. The quantitative estimate of drug-likeness (QED) is 0.587. The van der Waals surface area contributed by atoms with Crippen molar-refractivity contribution in [2.75, 3.05) is 20.1 Å². The van der Waals surface area contributed by atoms with Crippen LogP contribution in [0.25, 0.3) is 0 Å². The number of likely N-dealkylation sites (N-methyl/N-ethyl adjacent to an activating group) is 1. The minimum absolute atomic E-state index is 0.380. The highest BCUT2D eigenvalue weighted by Crippen LogP contribution is 2.35. The zero-order chi connectivity index (χ0) is 15.7. The number of likely N-dealkylation sites (tertiary alicyclic amines) is 1. The van der Waals surface area contributed by atoms with Gasteiger partial charge in [-0.25, -0.2) is 0 Å². The van der Waals surface area contributed by atoms with Crippen LogP contribution in [0.1, 0.15) is 85.5 Å². The van der Waals surface area contributed by atoms with Gasteiger partial charge < -0.3 is 5.32 Å². The first-order chi connectivity index (χ1) is 10.2. The first-order valence-electron chi connectivity index (χ1n) is 9.60. The summed E-state index contributed by atoms with van der Waals surface area (Å²) in [4.78, 5) is 2.81. The molecule has 0 aromatic heterocycles. The molecule has 21 heavy (non-hydrogen) atoms. The molecule has 1 saturated heterocycles. The smallest absolute Gasteiger partial charge is 0.0357 e. The summed E-state index contributed by atoms with van der Waals surface area (Å²) in [5.41, 5.74) is 0.380. The number of hydrogen-bond acceptors (Lipinski definition) is 2. The van der Waals surface area contributed by atoms with Gasteiger partial charge in [-0.1, -0.05) is 53.4 Å². The summed E-state index contributed by atoms with van der Waals surface area (Å²) < 4.78 is 0. The van der Waals surface area contributed by atoms with Gasteiger partial charge >= 0.3 is 0 Å². The Bertz CT molecular complexity index is 254. The average molecular weight is 297 g/mol. The summed E-state index contributed by atoms with van der Waals surface area (Å²) in [6.07, 6.45) is 12.2. The molecule has 0 saturated carbocycles. The fourth-order valence-corrected chi connectivity index (χ4v) is 4.49. The minimum atomic E-state index is 0.380. The van der Waals surface area contributed by atoms with E-state index in [1.54, 1.807) is 0 Å². The number of hydrogen-bond donors (Lipinski definition) is 1. The molecule has 126 valence electrons. The summed E-state index contributed by atoms with van der Waals surface area (Å²) in [7, 11) is 2.19. The molecule has 1 heterocycles. The third-order valence-electron chi connectivity index (χ3n) is 6.07. The molecule has 2 atom stereocenters. The Morgan fingerprint density at radius 2 is 1.67 bits per heavy atom. The molecule has 1 aliphatic rings. The second kappa shape index (κ2) is 9.84. The van der Waals surface area contributed by atoms with Crippen LogP contribution in [0.5, 0.6) is 0 Å². The van der Waals surface area contributed by atoms with Crippen LogP contribution in [-0.4, -0.2) is 36.6 Å². The molecule has 1 fully saturated rings. The molecule has 2 nitrogen and oxygen atoms in total. The van der Waals surface area contributed by atoms with Gasteiger partial charge in [0.05, 0.1) is 0 Å². The Kier molecular flexibility index (Phi) is 8.89. The molecular weight excluding hydrogens is 256 g/mol. The topological polar surface area (TPSA) is 15.3 Å². The monoisotopic (exact) mass is 296 g/mol. The number of unbranched alkanes of at least 4 members (excludes halogenated alkanes) is 1. The van der Waals surface area contributed by atoms with Crippen LogP contribution in [0.3, 0.4) is 0 Å². The van der Waals surface area contributed by atoms with Crippen LogP contribution in [0.4, 0.5) is 0 Å². The zero-order valence-electron chi connectivity index (χ0n) is 15.4. The van der Waals surface area contributed by atoms with E-state index in [0.29, 0.717) is 11.6 Å². The molecule has 0 spiro atoms. The lowest BCUT2D eigenvalue weighted by molar-refractivity contribution is 0.0537. The van der Waals surface area contributed by atoms with Crippen molar-refractivity contribution < 1.29 is 0 Å². The van der Waals surface area contributed by atoms with Gasteiger partial charge in [-0.3, -0.25) is 4.90 Å². The van der Waals surface area contributed by atoms with Gasteiger partial charge in [-0.2, -0.15) is 0 Å². The SMILES string of the molecule is CCCCC(CC)CC(NC)C(CC)(CC)N1CCCC1. The third kappa shape index (κ3) is 4.69. The number of rotatable bonds is 11. The van der Waals surface area contributed by atoms with Crippen molar-refractivity contribution in [3.8, 4) is 0 Å². The second-order valence-corrected chi connectivity index (χ2v) is 7.00. The largest absolute Gasteiger partial charge is 0.315 e. The Morgan fingerprint density at radius 1 is 1.05 bits per heavy atom. The van der Waals surface area contributed by atoms with Gasteiger partial charge in [0.15, 0.2) is 0 Å². The van der Waals surface area contributed by atoms with Crippen LogP contribution in [0.2, 0.25) is 0 Å². The van der Waals surface area contributed by atoms with Crippen molar-refractivity contribution in [2.24, 2.45) is 5.92 Å². The van der Waals surface area contributed by atoms with E-state index in [2.05, 4.69) is 45.0 Å².